The third-order valence-electron chi connectivity index (χ3n) is 1.50. The van der Waals surface area contributed by atoms with E-state index in [2.05, 4.69) is 12.2 Å². The second-order valence-electron chi connectivity index (χ2n) is 2.25. The fourth-order valence-corrected chi connectivity index (χ4v) is 0.750. The molecule has 0 aromatic rings. The predicted octanol–water partition coefficient (Wildman–Crippen LogP) is -0.0819. The van der Waals surface area contributed by atoms with Crippen LogP contribution in [0.4, 0.5) is 0 Å². The SMILES string of the molecule is CCN(C)C(N)=C(C#N)C(N)=S. The average molecular weight is 184 g/mol. The van der Waals surface area contributed by atoms with Gasteiger partial charge in [-0.3, -0.25) is 0 Å². The van der Waals surface area contributed by atoms with Crippen molar-refractivity contribution in [1.82, 2.24) is 4.90 Å². The predicted molar refractivity (Wildman–Crippen MR) is 51.9 cm³/mol. The van der Waals surface area contributed by atoms with E-state index in [0.29, 0.717) is 12.4 Å². The number of thiocarbonyl (C=S) groups is 1. The summed E-state index contributed by atoms with van der Waals surface area (Å²) in [6, 6.07) is 1.86. The van der Waals surface area contributed by atoms with Crippen molar-refractivity contribution in [2.75, 3.05) is 13.6 Å². The van der Waals surface area contributed by atoms with E-state index in [1.165, 1.54) is 0 Å². The lowest BCUT2D eigenvalue weighted by atomic mass is 10.3. The Balaban J connectivity index is 4.88. The molecule has 0 amide bonds. The Hall–Kier alpha value is -1.28. The summed E-state index contributed by atoms with van der Waals surface area (Å²) in [7, 11) is 1.77. The molecule has 0 bridgehead atoms. The zero-order chi connectivity index (χ0) is 9.72. The summed E-state index contributed by atoms with van der Waals surface area (Å²) in [5.74, 6) is 0.326. The Kier molecular flexibility index (Phi) is 4.08. The minimum Gasteiger partial charge on any atom is -0.389 e. The molecule has 0 spiro atoms. The summed E-state index contributed by atoms with van der Waals surface area (Å²) in [6.07, 6.45) is 0. The van der Waals surface area contributed by atoms with E-state index in [1.54, 1.807) is 11.9 Å². The largest absolute Gasteiger partial charge is 0.389 e. The van der Waals surface area contributed by atoms with Crippen molar-refractivity contribution in [3.8, 4) is 6.07 Å². The monoisotopic (exact) mass is 184 g/mol. The minimum atomic E-state index is 0.0373. The zero-order valence-electron chi connectivity index (χ0n) is 7.16. The maximum Gasteiger partial charge on any atom is 0.126 e. The van der Waals surface area contributed by atoms with Gasteiger partial charge in [-0.25, -0.2) is 0 Å². The lowest BCUT2D eigenvalue weighted by Gasteiger charge is -2.17. The van der Waals surface area contributed by atoms with Gasteiger partial charge in [0.2, 0.25) is 0 Å². The molecule has 66 valence electrons. The van der Waals surface area contributed by atoms with Crippen molar-refractivity contribution in [2.24, 2.45) is 11.5 Å². The molecule has 0 aliphatic carbocycles. The van der Waals surface area contributed by atoms with Gasteiger partial charge in [0.25, 0.3) is 0 Å². The van der Waals surface area contributed by atoms with E-state index in [1.807, 2.05) is 13.0 Å². The summed E-state index contributed by atoms with van der Waals surface area (Å²) in [6.45, 7) is 2.63. The van der Waals surface area contributed by atoms with Crippen molar-refractivity contribution in [3.05, 3.63) is 11.4 Å². The topological polar surface area (TPSA) is 79.1 Å². The standard InChI is InChI=1S/C7H12N4S/c1-3-11(2)6(9)5(4-8)7(10)12/h3,9H2,1-2H3,(H2,10,12). The number of hydrogen-bond donors (Lipinski definition) is 2. The van der Waals surface area contributed by atoms with Crippen LogP contribution in [-0.4, -0.2) is 23.5 Å². The highest BCUT2D eigenvalue weighted by Gasteiger charge is 2.08. The molecule has 0 fully saturated rings. The van der Waals surface area contributed by atoms with Gasteiger partial charge in [0, 0.05) is 13.6 Å². The van der Waals surface area contributed by atoms with E-state index < -0.39 is 0 Å². The van der Waals surface area contributed by atoms with Gasteiger partial charge < -0.3 is 16.4 Å². The highest BCUT2D eigenvalue weighted by molar-refractivity contribution is 7.80. The van der Waals surface area contributed by atoms with Crippen LogP contribution in [0.25, 0.3) is 0 Å². The van der Waals surface area contributed by atoms with Crippen LogP contribution in [0.15, 0.2) is 11.4 Å². The first kappa shape index (κ1) is 10.7. The lowest BCUT2D eigenvalue weighted by molar-refractivity contribution is 0.435. The quantitative estimate of drug-likeness (QED) is 0.364. The lowest BCUT2D eigenvalue weighted by Crippen LogP contribution is -2.28. The molecule has 0 aromatic heterocycles. The Morgan fingerprint density at radius 2 is 2.08 bits per heavy atom. The molecular weight excluding hydrogens is 172 g/mol. The molecule has 0 aliphatic heterocycles. The summed E-state index contributed by atoms with van der Waals surface area (Å²) in [5, 5.41) is 8.63. The van der Waals surface area contributed by atoms with Crippen molar-refractivity contribution < 1.29 is 0 Å². The molecule has 0 radical (unpaired) electrons. The average Bonchev–Trinajstić information content (AvgIpc) is 2.03. The molecule has 0 atom stereocenters. The second kappa shape index (κ2) is 4.57. The van der Waals surface area contributed by atoms with Crippen molar-refractivity contribution in [3.63, 3.8) is 0 Å². The van der Waals surface area contributed by atoms with Crippen molar-refractivity contribution in [1.29, 1.82) is 5.26 Å². The number of hydrogen-bond acceptors (Lipinski definition) is 4. The molecule has 0 saturated heterocycles. The van der Waals surface area contributed by atoms with Crippen LogP contribution in [0.1, 0.15) is 6.92 Å². The first-order valence-electron chi connectivity index (χ1n) is 3.45. The van der Waals surface area contributed by atoms with Crippen LogP contribution in [0.5, 0.6) is 0 Å². The van der Waals surface area contributed by atoms with Gasteiger partial charge in [-0.05, 0) is 6.92 Å². The Labute approximate surface area is 77.4 Å². The van der Waals surface area contributed by atoms with Crippen LogP contribution < -0.4 is 11.5 Å². The number of nitrogens with two attached hydrogens (primary N) is 2. The van der Waals surface area contributed by atoms with Gasteiger partial charge in [-0.1, -0.05) is 12.2 Å². The van der Waals surface area contributed by atoms with E-state index in [-0.39, 0.29) is 10.6 Å². The molecule has 0 rings (SSSR count). The fraction of sp³-hybridized carbons (Fsp3) is 0.429. The molecule has 4 nitrogen and oxygen atoms in total. The number of rotatable bonds is 3. The van der Waals surface area contributed by atoms with Gasteiger partial charge in [0.15, 0.2) is 0 Å². The third-order valence-corrected chi connectivity index (χ3v) is 1.70. The van der Waals surface area contributed by atoms with Gasteiger partial charge in [0.05, 0.1) is 0 Å². The molecule has 0 aliphatic rings. The Morgan fingerprint density at radius 3 is 2.33 bits per heavy atom. The van der Waals surface area contributed by atoms with Crippen molar-refractivity contribution >= 4 is 17.2 Å². The first-order valence-corrected chi connectivity index (χ1v) is 3.86. The maximum absolute atomic E-state index is 8.63. The van der Waals surface area contributed by atoms with E-state index in [0.717, 1.165) is 0 Å². The van der Waals surface area contributed by atoms with Gasteiger partial charge in [-0.2, -0.15) is 5.26 Å². The smallest absolute Gasteiger partial charge is 0.126 e. The minimum absolute atomic E-state index is 0.0373. The molecule has 12 heavy (non-hydrogen) atoms. The fourth-order valence-electron chi connectivity index (χ4n) is 0.600. The number of nitriles is 1. The van der Waals surface area contributed by atoms with Gasteiger partial charge >= 0.3 is 0 Å². The van der Waals surface area contributed by atoms with Gasteiger partial charge in [-0.15, -0.1) is 0 Å². The summed E-state index contributed by atoms with van der Waals surface area (Å²) >= 11 is 4.65. The third kappa shape index (κ3) is 2.40. The second-order valence-corrected chi connectivity index (χ2v) is 2.69. The Morgan fingerprint density at radius 1 is 1.58 bits per heavy atom. The van der Waals surface area contributed by atoms with Crippen LogP contribution in [0, 0.1) is 11.3 Å². The molecule has 0 heterocycles. The van der Waals surface area contributed by atoms with Crippen LogP contribution in [-0.2, 0) is 0 Å². The molecule has 4 N–H and O–H groups in total. The Bertz CT molecular complexity index is 251. The summed E-state index contributed by atoms with van der Waals surface area (Å²) in [5.41, 5.74) is 11.1. The van der Waals surface area contributed by atoms with E-state index in [9.17, 15) is 0 Å². The van der Waals surface area contributed by atoms with Crippen molar-refractivity contribution in [2.45, 2.75) is 6.92 Å². The molecule has 0 unspecified atom stereocenters. The summed E-state index contributed by atoms with van der Waals surface area (Å²) < 4.78 is 0. The highest BCUT2D eigenvalue weighted by atomic mass is 32.1. The molecule has 0 aromatic carbocycles. The van der Waals surface area contributed by atoms with Gasteiger partial charge in [0.1, 0.15) is 22.5 Å². The normalized spacial score (nSPS) is 11.4. The van der Waals surface area contributed by atoms with E-state index in [4.69, 9.17) is 16.7 Å². The summed E-state index contributed by atoms with van der Waals surface area (Å²) in [4.78, 5) is 1.74. The van der Waals surface area contributed by atoms with Crippen LogP contribution >= 0.6 is 12.2 Å². The number of nitrogens with zero attached hydrogens (tertiary/aromatic N) is 2. The zero-order valence-corrected chi connectivity index (χ0v) is 7.98. The highest BCUT2D eigenvalue weighted by Crippen LogP contribution is 2.01. The molecular formula is C7H12N4S. The van der Waals surface area contributed by atoms with Crippen LogP contribution in [0.2, 0.25) is 0 Å². The first-order chi connectivity index (χ1) is 5.54. The van der Waals surface area contributed by atoms with E-state index >= 15 is 0 Å². The van der Waals surface area contributed by atoms with Crippen LogP contribution in [0.3, 0.4) is 0 Å². The molecule has 5 heteroatoms. The molecule has 0 saturated carbocycles. The maximum atomic E-state index is 8.63.